The molecule has 0 bridgehead atoms. The number of rotatable bonds is 16. The van der Waals surface area contributed by atoms with Crippen LogP contribution in [0.3, 0.4) is 0 Å². The van der Waals surface area contributed by atoms with Crippen LogP contribution < -0.4 is 0 Å². The summed E-state index contributed by atoms with van der Waals surface area (Å²) in [5.74, 6) is 0. The number of hydrogen-bond acceptors (Lipinski definition) is 2. The maximum absolute atomic E-state index is 9.75. The quantitative estimate of drug-likeness (QED) is 0.0917. The molecule has 0 spiro atoms. The molecule has 0 saturated carbocycles. The molecular formula is C23H48B2F8N2P2Pd. The van der Waals surface area contributed by atoms with Crippen molar-refractivity contribution in [3.63, 3.8) is 0 Å². The van der Waals surface area contributed by atoms with E-state index in [0.717, 1.165) is 0 Å². The molecule has 0 aromatic rings. The Morgan fingerprint density at radius 2 is 0.605 bits per heavy atom. The van der Waals surface area contributed by atoms with Crippen molar-refractivity contribution in [3.8, 4) is 12.1 Å². The predicted molar refractivity (Wildman–Crippen MR) is 150 cm³/mol. The van der Waals surface area contributed by atoms with Crippen LogP contribution in [0.1, 0.15) is 99.3 Å². The summed E-state index contributed by atoms with van der Waals surface area (Å²) in [6.45, 7) is 12.3. The van der Waals surface area contributed by atoms with Gasteiger partial charge in [-0.05, 0) is 69.1 Å². The molecule has 0 aromatic heterocycles. The number of hydrogen-bond donors (Lipinski definition) is 0. The summed E-state index contributed by atoms with van der Waals surface area (Å²) in [6, 6.07) is 3.50. The molecule has 0 N–H and O–H groups in total. The number of halogens is 8. The Balaban J connectivity index is -0.000000123. The van der Waals surface area contributed by atoms with Crippen molar-refractivity contribution < 1.29 is 54.9 Å². The van der Waals surface area contributed by atoms with Crippen LogP contribution in [0.15, 0.2) is 0 Å². The zero-order valence-corrected chi connectivity index (χ0v) is 27.2. The number of nitriles is 2. The van der Waals surface area contributed by atoms with Gasteiger partial charge in [-0.25, -0.2) is 0 Å². The van der Waals surface area contributed by atoms with Crippen LogP contribution in [0.5, 0.6) is 0 Å². The first-order chi connectivity index (χ1) is 17.1. The van der Waals surface area contributed by atoms with E-state index in [1.54, 1.807) is 55.5 Å². The van der Waals surface area contributed by atoms with Gasteiger partial charge in [0.1, 0.15) is 0 Å². The third-order valence-corrected chi connectivity index (χ3v) is 9.95. The predicted octanol–water partition coefficient (Wildman–Crippen LogP) is 11.2. The van der Waals surface area contributed by atoms with Crippen LogP contribution in [0.4, 0.5) is 34.5 Å². The molecular weight excluding hydrogens is 646 g/mol. The van der Waals surface area contributed by atoms with E-state index in [1.165, 1.54) is 65.2 Å². The van der Waals surface area contributed by atoms with E-state index in [4.69, 9.17) is 10.5 Å². The second-order valence-electron chi connectivity index (χ2n) is 7.89. The van der Waals surface area contributed by atoms with Crippen molar-refractivity contribution in [2.75, 3.05) is 37.0 Å². The molecule has 0 aromatic carbocycles. The van der Waals surface area contributed by atoms with E-state index < -0.39 is 14.5 Å². The standard InChI is InChI=1S/C19H42P2.2C2H3N.2BF4.Pd/c1-5-9-14-20(15-10-6-2)18-13-19-21(16-11-7-3)17-12-8-4;2*1-2-3;2*2-1(3,4)5;/h5-19H2,1-4H3;2*1H3;;;/q;;;2*-1;+2. The van der Waals surface area contributed by atoms with Crippen LogP contribution in [0, 0.1) is 22.7 Å². The summed E-state index contributed by atoms with van der Waals surface area (Å²) in [5.41, 5.74) is 0. The smallest absolute Gasteiger partial charge is 0.418 e. The second-order valence-corrected chi connectivity index (χ2v) is 13.3. The normalized spacial score (nSPS) is 10.1. The summed E-state index contributed by atoms with van der Waals surface area (Å²) >= 11 is 0. The molecule has 232 valence electrons. The van der Waals surface area contributed by atoms with E-state index in [1.807, 2.05) is 0 Å². The molecule has 0 heterocycles. The van der Waals surface area contributed by atoms with Gasteiger partial charge in [0.05, 0.1) is 12.1 Å². The van der Waals surface area contributed by atoms with Crippen molar-refractivity contribution in [1.29, 1.82) is 10.5 Å². The van der Waals surface area contributed by atoms with Crippen LogP contribution in [-0.2, 0) is 20.4 Å². The summed E-state index contributed by atoms with van der Waals surface area (Å²) in [7, 11) is -11.2. The van der Waals surface area contributed by atoms with Gasteiger partial charge in [0, 0.05) is 13.8 Å². The average molecular weight is 695 g/mol. The minimum absolute atomic E-state index is 0. The number of nitrogens with zero attached hydrogens (tertiary/aromatic N) is 2. The molecule has 0 atom stereocenters. The Bertz CT molecular complexity index is 450. The molecule has 0 unspecified atom stereocenters. The van der Waals surface area contributed by atoms with Crippen LogP contribution in [0.2, 0.25) is 0 Å². The summed E-state index contributed by atoms with van der Waals surface area (Å²) in [6.07, 6.45) is 22.5. The SMILES string of the molecule is CC#N.CC#N.CCCCP(CCCC)CCCP(CCCC)CCCC.F[B-](F)(F)F.F[B-](F)(F)F.[Pd+2]. The molecule has 15 heteroatoms. The van der Waals surface area contributed by atoms with E-state index in [9.17, 15) is 34.5 Å². The fourth-order valence-corrected chi connectivity index (χ4v) is 8.57. The van der Waals surface area contributed by atoms with Crippen molar-refractivity contribution in [2.45, 2.75) is 99.3 Å². The Morgan fingerprint density at radius 3 is 0.737 bits per heavy atom. The summed E-state index contributed by atoms with van der Waals surface area (Å²) in [4.78, 5) is 0. The second kappa shape index (κ2) is 39.2. The van der Waals surface area contributed by atoms with Crippen LogP contribution in [-0.4, -0.2) is 51.5 Å². The first kappa shape index (κ1) is 50.9. The maximum Gasteiger partial charge on any atom is 2.00 e. The van der Waals surface area contributed by atoms with Crippen LogP contribution in [0.25, 0.3) is 0 Å². The first-order valence-corrected chi connectivity index (χ1v) is 16.7. The molecule has 0 saturated heterocycles. The topological polar surface area (TPSA) is 47.6 Å². The summed E-state index contributed by atoms with van der Waals surface area (Å²) < 4.78 is 78.0. The van der Waals surface area contributed by atoms with Crippen molar-refractivity contribution >= 4 is 30.4 Å². The molecule has 38 heavy (non-hydrogen) atoms. The first-order valence-electron chi connectivity index (χ1n) is 12.9. The monoisotopic (exact) mass is 694 g/mol. The molecule has 0 amide bonds. The fourth-order valence-electron chi connectivity index (χ4n) is 2.72. The van der Waals surface area contributed by atoms with Gasteiger partial charge >= 0.3 is 34.9 Å². The van der Waals surface area contributed by atoms with Gasteiger partial charge in [0.15, 0.2) is 0 Å². The van der Waals surface area contributed by atoms with Crippen molar-refractivity contribution in [2.24, 2.45) is 0 Å². The third kappa shape index (κ3) is 91.1. The van der Waals surface area contributed by atoms with E-state index in [2.05, 4.69) is 27.7 Å². The molecule has 0 fully saturated rings. The molecule has 0 rings (SSSR count). The van der Waals surface area contributed by atoms with Gasteiger partial charge in [0.25, 0.3) is 0 Å². The van der Waals surface area contributed by atoms with E-state index in [0.29, 0.717) is 15.8 Å². The van der Waals surface area contributed by atoms with Crippen LogP contribution >= 0.6 is 15.8 Å². The fraction of sp³-hybridized carbons (Fsp3) is 0.913. The van der Waals surface area contributed by atoms with E-state index >= 15 is 0 Å². The molecule has 0 radical (unpaired) electrons. The molecule has 2 nitrogen and oxygen atoms in total. The molecule has 0 aliphatic carbocycles. The Hall–Kier alpha value is 0.0722. The van der Waals surface area contributed by atoms with Gasteiger partial charge in [-0.2, -0.15) is 10.5 Å². The number of unbranched alkanes of at least 4 members (excludes halogenated alkanes) is 4. The van der Waals surface area contributed by atoms with Gasteiger partial charge in [-0.15, -0.1) is 15.8 Å². The molecule has 0 aliphatic heterocycles. The maximum atomic E-state index is 9.75. The molecule has 0 aliphatic rings. The minimum atomic E-state index is -6.00. The Kier molecular flexibility index (Phi) is 52.5. The Labute approximate surface area is 243 Å². The van der Waals surface area contributed by atoms with Gasteiger partial charge < -0.3 is 34.5 Å². The third-order valence-electron chi connectivity index (χ3n) is 4.26. The zero-order valence-electron chi connectivity index (χ0n) is 23.9. The average Bonchev–Trinajstić information content (AvgIpc) is 2.75. The van der Waals surface area contributed by atoms with Crippen molar-refractivity contribution in [1.82, 2.24) is 0 Å². The largest absolute Gasteiger partial charge is 2.00 e. The van der Waals surface area contributed by atoms with Gasteiger partial charge in [0.2, 0.25) is 0 Å². The van der Waals surface area contributed by atoms with Gasteiger partial charge in [-0.3, -0.25) is 0 Å². The summed E-state index contributed by atoms with van der Waals surface area (Å²) in [5, 5.41) is 14.6. The van der Waals surface area contributed by atoms with Gasteiger partial charge in [-0.1, -0.05) is 53.4 Å². The Morgan fingerprint density at radius 1 is 0.474 bits per heavy atom. The van der Waals surface area contributed by atoms with Crippen molar-refractivity contribution in [3.05, 3.63) is 0 Å². The zero-order chi connectivity index (χ0) is 30.2. The van der Waals surface area contributed by atoms with E-state index in [-0.39, 0.29) is 20.4 Å². The minimum Gasteiger partial charge on any atom is -0.418 e.